The summed E-state index contributed by atoms with van der Waals surface area (Å²) in [5, 5.41) is 4.00. The third-order valence-electron chi connectivity index (χ3n) is 3.59. The third kappa shape index (κ3) is 3.37. The van der Waals surface area contributed by atoms with Crippen LogP contribution in [0.4, 0.5) is 5.95 Å². The lowest BCUT2D eigenvalue weighted by molar-refractivity contribution is 0.363. The van der Waals surface area contributed by atoms with Crippen LogP contribution in [-0.2, 0) is 6.42 Å². The highest BCUT2D eigenvalue weighted by Crippen LogP contribution is 2.19. The summed E-state index contributed by atoms with van der Waals surface area (Å²) in [6.07, 6.45) is 8.08. The van der Waals surface area contributed by atoms with Crippen LogP contribution in [0.3, 0.4) is 0 Å². The van der Waals surface area contributed by atoms with Crippen LogP contribution in [0.2, 0.25) is 0 Å². The molecule has 3 rings (SSSR count). The van der Waals surface area contributed by atoms with Crippen molar-refractivity contribution in [2.45, 2.75) is 39.5 Å². The second-order valence-corrected chi connectivity index (χ2v) is 5.93. The Morgan fingerprint density at radius 2 is 1.86 bits per heavy atom. The van der Waals surface area contributed by atoms with Gasteiger partial charge in [0.2, 0.25) is 17.7 Å². The fraction of sp³-hybridized carbons (Fsp3) is 0.600. The van der Waals surface area contributed by atoms with E-state index in [4.69, 9.17) is 4.52 Å². The first-order chi connectivity index (χ1) is 10.2. The molecule has 0 radical (unpaired) electrons. The number of hydrogen-bond donors (Lipinski definition) is 0. The maximum Gasteiger partial charge on any atom is 0.227 e. The molecule has 0 amide bonds. The molecule has 0 atom stereocenters. The third-order valence-corrected chi connectivity index (χ3v) is 3.59. The second kappa shape index (κ2) is 6.20. The SMILES string of the molecule is CC(C)Cc1nc(-c2cnc(N3CCCCC3)nc2)no1. The first kappa shape index (κ1) is 14.0. The predicted molar refractivity (Wildman–Crippen MR) is 79.9 cm³/mol. The van der Waals surface area contributed by atoms with Crippen molar-refractivity contribution in [2.75, 3.05) is 18.0 Å². The number of anilines is 1. The Balaban J connectivity index is 1.72. The van der Waals surface area contributed by atoms with E-state index in [2.05, 4.69) is 38.9 Å². The Hall–Kier alpha value is -1.98. The molecule has 6 heteroatoms. The van der Waals surface area contributed by atoms with Gasteiger partial charge in [0, 0.05) is 31.9 Å². The Kier molecular flexibility index (Phi) is 4.13. The molecule has 1 aliphatic rings. The van der Waals surface area contributed by atoms with Crippen LogP contribution in [0.5, 0.6) is 0 Å². The molecule has 2 aromatic rings. The largest absolute Gasteiger partial charge is 0.341 e. The van der Waals surface area contributed by atoms with Crippen molar-refractivity contribution in [1.82, 2.24) is 20.1 Å². The van der Waals surface area contributed by atoms with E-state index in [1.807, 2.05) is 0 Å². The van der Waals surface area contributed by atoms with Crippen LogP contribution in [0, 0.1) is 5.92 Å². The standard InChI is InChI=1S/C15H21N5O/c1-11(2)8-13-18-14(19-21-13)12-9-16-15(17-10-12)20-6-4-3-5-7-20/h9-11H,3-8H2,1-2H3. The summed E-state index contributed by atoms with van der Waals surface area (Å²) in [5.74, 6) is 2.52. The topological polar surface area (TPSA) is 67.9 Å². The van der Waals surface area contributed by atoms with Gasteiger partial charge in [-0.25, -0.2) is 9.97 Å². The molecule has 3 heterocycles. The lowest BCUT2D eigenvalue weighted by Gasteiger charge is -2.26. The molecule has 0 aromatic carbocycles. The number of hydrogen-bond acceptors (Lipinski definition) is 6. The molecule has 0 bridgehead atoms. The van der Waals surface area contributed by atoms with Crippen LogP contribution in [0.25, 0.3) is 11.4 Å². The normalized spacial score (nSPS) is 15.7. The highest BCUT2D eigenvalue weighted by atomic mass is 16.5. The highest BCUT2D eigenvalue weighted by molar-refractivity contribution is 5.52. The molecule has 1 saturated heterocycles. The quantitative estimate of drug-likeness (QED) is 0.861. The Morgan fingerprint density at radius 3 is 2.52 bits per heavy atom. The zero-order chi connectivity index (χ0) is 14.7. The number of nitrogens with zero attached hydrogens (tertiary/aromatic N) is 5. The molecule has 6 nitrogen and oxygen atoms in total. The Bertz CT molecular complexity index is 572. The predicted octanol–water partition coefficient (Wildman–Crippen LogP) is 2.72. The Morgan fingerprint density at radius 1 is 1.14 bits per heavy atom. The Labute approximate surface area is 124 Å². The van der Waals surface area contributed by atoms with Crippen molar-refractivity contribution in [2.24, 2.45) is 5.92 Å². The zero-order valence-corrected chi connectivity index (χ0v) is 12.6. The highest BCUT2D eigenvalue weighted by Gasteiger charge is 2.15. The van der Waals surface area contributed by atoms with E-state index < -0.39 is 0 Å². The van der Waals surface area contributed by atoms with Gasteiger partial charge >= 0.3 is 0 Å². The van der Waals surface area contributed by atoms with Gasteiger partial charge in [-0.05, 0) is 25.2 Å². The van der Waals surface area contributed by atoms with Gasteiger partial charge in [0.25, 0.3) is 0 Å². The van der Waals surface area contributed by atoms with Gasteiger partial charge in [0.15, 0.2) is 0 Å². The molecule has 0 unspecified atom stereocenters. The molecule has 1 aliphatic heterocycles. The molecular weight excluding hydrogens is 266 g/mol. The number of piperidine rings is 1. The fourth-order valence-electron chi connectivity index (χ4n) is 2.50. The van der Waals surface area contributed by atoms with Gasteiger partial charge in [0.1, 0.15) is 0 Å². The maximum absolute atomic E-state index is 5.25. The minimum Gasteiger partial charge on any atom is -0.341 e. The maximum atomic E-state index is 5.25. The van der Waals surface area contributed by atoms with Crippen molar-refractivity contribution < 1.29 is 4.52 Å². The average molecular weight is 287 g/mol. The minimum absolute atomic E-state index is 0.496. The average Bonchev–Trinajstić information content (AvgIpc) is 2.96. The molecule has 0 aliphatic carbocycles. The zero-order valence-electron chi connectivity index (χ0n) is 12.6. The van der Waals surface area contributed by atoms with Crippen molar-refractivity contribution >= 4 is 5.95 Å². The minimum atomic E-state index is 0.496. The second-order valence-electron chi connectivity index (χ2n) is 5.93. The summed E-state index contributed by atoms with van der Waals surface area (Å²) >= 11 is 0. The van der Waals surface area contributed by atoms with Gasteiger partial charge in [-0.3, -0.25) is 0 Å². The van der Waals surface area contributed by atoms with Crippen molar-refractivity contribution in [1.29, 1.82) is 0 Å². The van der Waals surface area contributed by atoms with E-state index in [1.54, 1.807) is 12.4 Å². The first-order valence-corrected chi connectivity index (χ1v) is 7.62. The molecule has 112 valence electrons. The van der Waals surface area contributed by atoms with Gasteiger partial charge < -0.3 is 9.42 Å². The molecule has 0 N–H and O–H groups in total. The van der Waals surface area contributed by atoms with Crippen LogP contribution in [0.1, 0.15) is 39.0 Å². The lowest BCUT2D eigenvalue weighted by Crippen LogP contribution is -2.30. The van der Waals surface area contributed by atoms with E-state index in [-0.39, 0.29) is 0 Å². The number of aromatic nitrogens is 4. The molecular formula is C15H21N5O. The summed E-state index contributed by atoms with van der Waals surface area (Å²) < 4.78 is 5.25. The van der Waals surface area contributed by atoms with E-state index in [9.17, 15) is 0 Å². The van der Waals surface area contributed by atoms with Crippen molar-refractivity contribution in [3.63, 3.8) is 0 Å². The molecule has 2 aromatic heterocycles. The van der Waals surface area contributed by atoms with Crippen LogP contribution in [0.15, 0.2) is 16.9 Å². The molecule has 1 fully saturated rings. The van der Waals surface area contributed by atoms with Crippen molar-refractivity contribution in [3.8, 4) is 11.4 Å². The summed E-state index contributed by atoms with van der Waals surface area (Å²) in [6.45, 7) is 6.33. The van der Waals surface area contributed by atoms with Crippen LogP contribution >= 0.6 is 0 Å². The molecule has 0 spiro atoms. The molecule has 0 saturated carbocycles. The van der Waals surface area contributed by atoms with Crippen molar-refractivity contribution in [3.05, 3.63) is 18.3 Å². The molecule has 21 heavy (non-hydrogen) atoms. The monoisotopic (exact) mass is 287 g/mol. The van der Waals surface area contributed by atoms with Gasteiger partial charge in [-0.15, -0.1) is 0 Å². The van der Waals surface area contributed by atoms with E-state index in [1.165, 1.54) is 19.3 Å². The van der Waals surface area contributed by atoms with Gasteiger partial charge in [-0.2, -0.15) is 4.98 Å². The van der Waals surface area contributed by atoms with Crippen LogP contribution in [-0.4, -0.2) is 33.2 Å². The van der Waals surface area contributed by atoms with E-state index in [0.29, 0.717) is 17.6 Å². The van der Waals surface area contributed by atoms with Gasteiger partial charge in [0.05, 0.1) is 5.56 Å². The van der Waals surface area contributed by atoms with Gasteiger partial charge in [-0.1, -0.05) is 19.0 Å². The summed E-state index contributed by atoms with van der Waals surface area (Å²) in [7, 11) is 0. The van der Waals surface area contributed by atoms with Crippen LogP contribution < -0.4 is 4.90 Å². The summed E-state index contributed by atoms with van der Waals surface area (Å²) in [5.41, 5.74) is 0.800. The lowest BCUT2D eigenvalue weighted by atomic mass is 10.1. The van der Waals surface area contributed by atoms with E-state index >= 15 is 0 Å². The first-order valence-electron chi connectivity index (χ1n) is 7.62. The summed E-state index contributed by atoms with van der Waals surface area (Å²) in [4.78, 5) is 15.5. The van der Waals surface area contributed by atoms with E-state index in [0.717, 1.165) is 31.0 Å². The number of rotatable bonds is 4. The smallest absolute Gasteiger partial charge is 0.227 e. The summed E-state index contributed by atoms with van der Waals surface area (Å²) in [6, 6.07) is 0. The fourth-order valence-corrected chi connectivity index (χ4v) is 2.50.